The Bertz CT molecular complexity index is 719. The van der Waals surface area contributed by atoms with Crippen LogP contribution in [0.2, 0.25) is 5.02 Å². The van der Waals surface area contributed by atoms with Crippen LogP contribution < -0.4 is 10.1 Å². The van der Waals surface area contributed by atoms with Crippen molar-refractivity contribution in [3.63, 3.8) is 0 Å². The molecule has 126 valence electrons. The van der Waals surface area contributed by atoms with Gasteiger partial charge in [0, 0.05) is 16.9 Å². The largest absolute Gasteiger partial charge is 0.477 e. The molecule has 0 saturated carbocycles. The summed E-state index contributed by atoms with van der Waals surface area (Å²) < 4.78 is 10.5. The second-order valence-corrected chi connectivity index (χ2v) is 5.27. The van der Waals surface area contributed by atoms with Gasteiger partial charge in [-0.3, -0.25) is 4.79 Å². The number of pyridine rings is 1. The molecule has 1 heterocycles. The van der Waals surface area contributed by atoms with Gasteiger partial charge in [0.1, 0.15) is 5.56 Å². The van der Waals surface area contributed by atoms with Gasteiger partial charge >= 0.3 is 5.97 Å². The van der Waals surface area contributed by atoms with Gasteiger partial charge in [0.25, 0.3) is 5.91 Å². The molecule has 2 aromatic rings. The molecule has 0 spiro atoms. The average Bonchev–Trinajstić information content (AvgIpc) is 2.57. The molecule has 0 radical (unpaired) electrons. The minimum Gasteiger partial charge on any atom is -0.477 e. The van der Waals surface area contributed by atoms with Crippen molar-refractivity contribution in [2.24, 2.45) is 0 Å². The Balaban J connectivity index is 2.00. The number of carbonyl (C=O) groups excluding carboxylic acids is 2. The van der Waals surface area contributed by atoms with Crippen LogP contribution in [0, 0.1) is 0 Å². The predicted octanol–water partition coefficient (Wildman–Crippen LogP) is 3.32. The molecule has 2 rings (SSSR count). The minimum absolute atomic E-state index is 0.172. The highest BCUT2D eigenvalue weighted by Crippen LogP contribution is 2.17. The van der Waals surface area contributed by atoms with E-state index in [1.54, 1.807) is 37.3 Å². The normalized spacial score (nSPS) is 11.5. The Morgan fingerprint density at radius 3 is 2.62 bits per heavy atom. The molecule has 1 aromatic heterocycles. The Morgan fingerprint density at radius 2 is 1.96 bits per heavy atom. The predicted molar refractivity (Wildman–Crippen MR) is 90.4 cm³/mol. The van der Waals surface area contributed by atoms with Gasteiger partial charge in [-0.15, -0.1) is 0 Å². The fourth-order valence-electron chi connectivity index (χ4n) is 1.85. The molecule has 0 fully saturated rings. The van der Waals surface area contributed by atoms with Crippen LogP contribution in [-0.2, 0) is 9.53 Å². The first-order valence-electron chi connectivity index (χ1n) is 7.36. The van der Waals surface area contributed by atoms with Gasteiger partial charge < -0.3 is 14.8 Å². The van der Waals surface area contributed by atoms with E-state index in [2.05, 4.69) is 10.3 Å². The highest BCUT2D eigenvalue weighted by Gasteiger charge is 2.22. The van der Waals surface area contributed by atoms with Gasteiger partial charge in [0.2, 0.25) is 5.88 Å². The van der Waals surface area contributed by atoms with E-state index in [-0.39, 0.29) is 11.4 Å². The lowest BCUT2D eigenvalue weighted by Gasteiger charge is -2.14. The molecule has 1 N–H and O–H groups in total. The van der Waals surface area contributed by atoms with Crippen LogP contribution in [0.4, 0.5) is 5.69 Å². The molecule has 0 unspecified atom stereocenters. The number of hydrogen-bond acceptors (Lipinski definition) is 5. The molecule has 0 aliphatic rings. The number of nitrogens with zero attached hydrogens (tertiary/aromatic N) is 1. The highest BCUT2D eigenvalue weighted by atomic mass is 35.5. The maximum atomic E-state index is 12.2. The molecule has 1 amide bonds. The van der Waals surface area contributed by atoms with Crippen LogP contribution in [-0.4, -0.2) is 29.6 Å². The van der Waals surface area contributed by atoms with E-state index in [0.717, 1.165) is 0 Å². The zero-order valence-corrected chi connectivity index (χ0v) is 14.0. The second-order valence-electron chi connectivity index (χ2n) is 4.83. The van der Waals surface area contributed by atoms with Gasteiger partial charge in [0.15, 0.2) is 6.10 Å². The summed E-state index contributed by atoms with van der Waals surface area (Å²) in [6.07, 6.45) is 0.529. The van der Waals surface area contributed by atoms with E-state index in [9.17, 15) is 9.59 Å². The first kappa shape index (κ1) is 17.7. The summed E-state index contributed by atoms with van der Waals surface area (Å²) in [7, 11) is 0. The van der Waals surface area contributed by atoms with Crippen molar-refractivity contribution in [2.75, 3.05) is 11.9 Å². The summed E-state index contributed by atoms with van der Waals surface area (Å²) >= 11 is 5.79. The standard InChI is InChI=1S/C17H17ClN2O4/c1-3-23-16-14(5-4-10-19-16)17(22)24-11(2)15(21)20-13-8-6-12(18)7-9-13/h4-11H,3H2,1-2H3,(H,20,21)/t11-/m1/s1. The number of benzene rings is 1. The van der Waals surface area contributed by atoms with E-state index in [4.69, 9.17) is 21.1 Å². The number of nitrogens with one attached hydrogen (secondary N) is 1. The van der Waals surface area contributed by atoms with Gasteiger partial charge in [-0.1, -0.05) is 11.6 Å². The van der Waals surface area contributed by atoms with Crippen molar-refractivity contribution in [1.29, 1.82) is 0 Å². The fraction of sp³-hybridized carbons (Fsp3) is 0.235. The minimum atomic E-state index is -0.983. The molecule has 0 saturated heterocycles. The number of ether oxygens (including phenoxy) is 2. The smallest absolute Gasteiger partial charge is 0.344 e. The maximum Gasteiger partial charge on any atom is 0.344 e. The molecule has 0 bridgehead atoms. The topological polar surface area (TPSA) is 77.5 Å². The molecule has 0 aliphatic carbocycles. The van der Waals surface area contributed by atoms with Crippen LogP contribution in [0.25, 0.3) is 0 Å². The van der Waals surface area contributed by atoms with Crippen LogP contribution >= 0.6 is 11.6 Å². The summed E-state index contributed by atoms with van der Waals surface area (Å²) in [5.41, 5.74) is 0.731. The maximum absolute atomic E-state index is 12.2. The van der Waals surface area contributed by atoms with Crippen molar-refractivity contribution < 1.29 is 19.1 Å². The van der Waals surface area contributed by atoms with Crippen LogP contribution in [0.3, 0.4) is 0 Å². The van der Waals surface area contributed by atoms with E-state index < -0.39 is 18.0 Å². The van der Waals surface area contributed by atoms with Crippen molar-refractivity contribution in [2.45, 2.75) is 20.0 Å². The van der Waals surface area contributed by atoms with Crippen molar-refractivity contribution in [1.82, 2.24) is 4.98 Å². The van der Waals surface area contributed by atoms with E-state index in [0.29, 0.717) is 17.3 Å². The molecule has 1 atom stereocenters. The second kappa shape index (κ2) is 8.31. The van der Waals surface area contributed by atoms with Crippen LogP contribution in [0.5, 0.6) is 5.88 Å². The Labute approximate surface area is 144 Å². The monoisotopic (exact) mass is 348 g/mol. The first-order valence-corrected chi connectivity index (χ1v) is 7.74. The van der Waals surface area contributed by atoms with E-state index in [1.165, 1.54) is 19.2 Å². The molecule has 24 heavy (non-hydrogen) atoms. The summed E-state index contributed by atoms with van der Waals surface area (Å²) in [6, 6.07) is 9.74. The lowest BCUT2D eigenvalue weighted by atomic mass is 10.2. The highest BCUT2D eigenvalue weighted by molar-refractivity contribution is 6.30. The molecule has 7 heteroatoms. The van der Waals surface area contributed by atoms with Crippen LogP contribution in [0.15, 0.2) is 42.6 Å². The summed E-state index contributed by atoms with van der Waals surface area (Å²) in [6.45, 7) is 3.63. The van der Waals surface area contributed by atoms with Gasteiger partial charge in [0.05, 0.1) is 6.61 Å². The number of carbonyl (C=O) groups is 2. The molecular weight excluding hydrogens is 332 g/mol. The number of aromatic nitrogens is 1. The first-order chi connectivity index (χ1) is 11.5. The lowest BCUT2D eigenvalue weighted by molar-refractivity contribution is -0.123. The Hall–Kier alpha value is -2.60. The van der Waals surface area contributed by atoms with Gasteiger partial charge in [-0.05, 0) is 50.2 Å². The zero-order chi connectivity index (χ0) is 17.5. The number of amides is 1. The molecule has 1 aromatic carbocycles. The van der Waals surface area contributed by atoms with Crippen LogP contribution in [0.1, 0.15) is 24.2 Å². The van der Waals surface area contributed by atoms with E-state index in [1.807, 2.05) is 0 Å². The van der Waals surface area contributed by atoms with Crippen molar-refractivity contribution >= 4 is 29.2 Å². The zero-order valence-electron chi connectivity index (χ0n) is 13.3. The summed E-state index contributed by atoms with van der Waals surface area (Å²) in [4.78, 5) is 28.3. The number of rotatable bonds is 6. The number of hydrogen-bond donors (Lipinski definition) is 1. The Kier molecular flexibility index (Phi) is 6.14. The molecule has 6 nitrogen and oxygen atoms in total. The van der Waals surface area contributed by atoms with E-state index >= 15 is 0 Å². The summed E-state index contributed by atoms with van der Waals surface area (Å²) in [5, 5.41) is 3.21. The third-order valence-corrected chi connectivity index (χ3v) is 3.29. The molecule has 0 aliphatic heterocycles. The third-order valence-electron chi connectivity index (χ3n) is 3.04. The summed E-state index contributed by atoms with van der Waals surface area (Å²) in [5.74, 6) is -0.951. The third kappa shape index (κ3) is 4.70. The van der Waals surface area contributed by atoms with Crippen molar-refractivity contribution in [3.8, 4) is 5.88 Å². The van der Waals surface area contributed by atoms with Gasteiger partial charge in [-0.2, -0.15) is 0 Å². The number of anilines is 1. The van der Waals surface area contributed by atoms with Crippen molar-refractivity contribution in [3.05, 3.63) is 53.2 Å². The molecular formula is C17H17ClN2O4. The quantitative estimate of drug-likeness (QED) is 0.810. The number of halogens is 1. The Morgan fingerprint density at radius 1 is 1.25 bits per heavy atom. The average molecular weight is 349 g/mol. The number of esters is 1. The fourth-order valence-corrected chi connectivity index (χ4v) is 1.98. The SMILES string of the molecule is CCOc1ncccc1C(=O)O[C@H](C)C(=O)Nc1ccc(Cl)cc1. The lowest BCUT2D eigenvalue weighted by Crippen LogP contribution is -2.30. The van der Waals surface area contributed by atoms with Gasteiger partial charge in [-0.25, -0.2) is 9.78 Å².